The molecule has 7 nitrogen and oxygen atoms in total. The fourth-order valence-electron chi connectivity index (χ4n) is 2.81. The highest BCUT2D eigenvalue weighted by molar-refractivity contribution is 5.95. The van der Waals surface area contributed by atoms with Gasteiger partial charge >= 0.3 is 0 Å². The topological polar surface area (TPSA) is 75.4 Å². The second-order valence-corrected chi connectivity index (χ2v) is 5.60. The normalized spacial score (nSPS) is 14.7. The molecule has 0 aliphatic carbocycles. The van der Waals surface area contributed by atoms with Crippen LogP contribution in [0.2, 0.25) is 0 Å². The molecule has 4 rings (SSSR count). The van der Waals surface area contributed by atoms with Crippen LogP contribution in [0.15, 0.2) is 42.9 Å². The molecule has 1 N–H and O–H groups in total. The molecule has 23 heavy (non-hydrogen) atoms. The molecular weight excluding hydrogens is 292 g/mol. The third kappa shape index (κ3) is 2.40. The number of aromatic nitrogens is 4. The number of hydrogen-bond donors (Lipinski definition) is 1. The van der Waals surface area contributed by atoms with Crippen molar-refractivity contribution in [3.8, 4) is 0 Å². The van der Waals surface area contributed by atoms with Gasteiger partial charge in [0, 0.05) is 31.7 Å². The number of anilines is 1. The molecule has 0 spiro atoms. The van der Waals surface area contributed by atoms with Gasteiger partial charge in [-0.2, -0.15) is 0 Å². The summed E-state index contributed by atoms with van der Waals surface area (Å²) in [6.07, 6.45) is 5.26. The van der Waals surface area contributed by atoms with Gasteiger partial charge in [0.2, 0.25) is 5.95 Å². The number of pyridine rings is 1. The Morgan fingerprint density at radius 3 is 2.78 bits per heavy atom. The zero-order chi connectivity index (χ0) is 15.8. The molecule has 0 unspecified atom stereocenters. The van der Waals surface area contributed by atoms with E-state index in [9.17, 15) is 4.79 Å². The van der Waals surface area contributed by atoms with Gasteiger partial charge in [-0.1, -0.05) is 6.07 Å². The summed E-state index contributed by atoms with van der Waals surface area (Å²) in [6.45, 7) is 3.14. The highest BCUT2D eigenvalue weighted by atomic mass is 16.2. The van der Waals surface area contributed by atoms with Crippen molar-refractivity contribution in [3.63, 3.8) is 0 Å². The van der Waals surface area contributed by atoms with Crippen LogP contribution in [0.4, 0.5) is 5.95 Å². The first-order valence-corrected chi connectivity index (χ1v) is 7.49. The number of likely N-dealkylation sites (tertiary alicyclic amines) is 1. The van der Waals surface area contributed by atoms with Crippen molar-refractivity contribution in [2.45, 2.75) is 13.0 Å². The fraction of sp³-hybridized carbons (Fsp3) is 0.250. The van der Waals surface area contributed by atoms with E-state index < -0.39 is 0 Å². The highest BCUT2D eigenvalue weighted by Crippen LogP contribution is 2.19. The second kappa shape index (κ2) is 5.35. The summed E-state index contributed by atoms with van der Waals surface area (Å²) in [6, 6.07) is 7.67. The maximum atomic E-state index is 12.7. The van der Waals surface area contributed by atoms with E-state index in [0.717, 1.165) is 11.3 Å². The van der Waals surface area contributed by atoms with Gasteiger partial charge in [0.25, 0.3) is 5.91 Å². The molecule has 4 heterocycles. The van der Waals surface area contributed by atoms with E-state index in [4.69, 9.17) is 0 Å². The van der Waals surface area contributed by atoms with Gasteiger partial charge in [0.05, 0.1) is 11.7 Å². The lowest BCUT2D eigenvalue weighted by molar-refractivity contribution is 0.0616. The molecule has 0 atom stereocenters. The molecule has 0 saturated carbocycles. The second-order valence-electron chi connectivity index (χ2n) is 5.60. The number of amides is 1. The van der Waals surface area contributed by atoms with E-state index in [0.29, 0.717) is 24.7 Å². The minimum absolute atomic E-state index is 0.00762. The Morgan fingerprint density at radius 2 is 2.00 bits per heavy atom. The molecule has 0 bridgehead atoms. The van der Waals surface area contributed by atoms with Gasteiger partial charge in [-0.3, -0.25) is 9.20 Å². The SMILES string of the molecule is Cc1nc2ccccn2c1C(=O)N1CC(Nc2ncccn2)C1. The first kappa shape index (κ1) is 13.7. The largest absolute Gasteiger partial charge is 0.348 e. The number of carbonyl (C=O) groups is 1. The standard InChI is InChI=1S/C16H16N6O/c1-11-14(22-8-3-2-5-13(22)19-11)15(23)21-9-12(10-21)20-16-17-6-4-7-18-16/h2-8,12H,9-10H2,1H3,(H,17,18,20). The van der Waals surface area contributed by atoms with E-state index in [1.807, 2.05) is 40.6 Å². The zero-order valence-corrected chi connectivity index (χ0v) is 12.7. The van der Waals surface area contributed by atoms with Crippen molar-refractivity contribution in [1.82, 2.24) is 24.3 Å². The molecule has 3 aromatic rings. The molecule has 1 saturated heterocycles. The van der Waals surface area contributed by atoms with E-state index >= 15 is 0 Å². The fourth-order valence-corrected chi connectivity index (χ4v) is 2.81. The van der Waals surface area contributed by atoms with Crippen molar-refractivity contribution < 1.29 is 4.79 Å². The monoisotopic (exact) mass is 308 g/mol. The Balaban J connectivity index is 1.48. The summed E-state index contributed by atoms with van der Waals surface area (Å²) >= 11 is 0. The zero-order valence-electron chi connectivity index (χ0n) is 12.7. The third-order valence-electron chi connectivity index (χ3n) is 3.97. The van der Waals surface area contributed by atoms with Crippen LogP contribution in [-0.4, -0.2) is 49.3 Å². The lowest BCUT2D eigenvalue weighted by Gasteiger charge is -2.39. The van der Waals surface area contributed by atoms with Crippen molar-refractivity contribution in [2.75, 3.05) is 18.4 Å². The van der Waals surface area contributed by atoms with Crippen LogP contribution in [-0.2, 0) is 0 Å². The minimum atomic E-state index is 0.00762. The average Bonchev–Trinajstić information content (AvgIpc) is 2.86. The molecule has 1 aliphatic rings. The summed E-state index contributed by atoms with van der Waals surface area (Å²) in [4.78, 5) is 27.2. The number of imidazole rings is 1. The minimum Gasteiger partial charge on any atom is -0.348 e. The van der Waals surface area contributed by atoms with Crippen LogP contribution in [0, 0.1) is 6.92 Å². The first-order valence-electron chi connectivity index (χ1n) is 7.49. The number of nitrogens with zero attached hydrogens (tertiary/aromatic N) is 5. The van der Waals surface area contributed by atoms with E-state index in [1.54, 1.807) is 18.5 Å². The summed E-state index contributed by atoms with van der Waals surface area (Å²) in [7, 11) is 0. The maximum absolute atomic E-state index is 12.7. The molecule has 0 aromatic carbocycles. The number of nitrogens with one attached hydrogen (secondary N) is 1. The number of carbonyl (C=O) groups excluding carboxylic acids is 1. The number of rotatable bonds is 3. The number of hydrogen-bond acceptors (Lipinski definition) is 5. The Hall–Kier alpha value is -2.96. The van der Waals surface area contributed by atoms with Crippen LogP contribution >= 0.6 is 0 Å². The van der Waals surface area contributed by atoms with Crippen LogP contribution in [0.1, 0.15) is 16.2 Å². The predicted octanol–water partition coefficient (Wildman–Crippen LogP) is 1.37. The predicted molar refractivity (Wildman–Crippen MR) is 85.3 cm³/mol. The van der Waals surface area contributed by atoms with Crippen LogP contribution < -0.4 is 5.32 Å². The van der Waals surface area contributed by atoms with Crippen LogP contribution in [0.25, 0.3) is 5.65 Å². The maximum Gasteiger partial charge on any atom is 0.272 e. The average molecular weight is 308 g/mol. The van der Waals surface area contributed by atoms with Gasteiger partial charge < -0.3 is 10.2 Å². The first-order chi connectivity index (χ1) is 11.2. The molecule has 7 heteroatoms. The van der Waals surface area contributed by atoms with Crippen molar-refractivity contribution in [3.05, 3.63) is 54.2 Å². The van der Waals surface area contributed by atoms with Crippen LogP contribution in [0.3, 0.4) is 0 Å². The lowest BCUT2D eigenvalue weighted by atomic mass is 10.1. The molecule has 3 aromatic heterocycles. The number of aryl methyl sites for hydroxylation is 1. The third-order valence-corrected chi connectivity index (χ3v) is 3.97. The number of fused-ring (bicyclic) bond motifs is 1. The van der Waals surface area contributed by atoms with E-state index in [2.05, 4.69) is 20.3 Å². The summed E-state index contributed by atoms with van der Waals surface area (Å²) in [5.74, 6) is 0.601. The van der Waals surface area contributed by atoms with Gasteiger partial charge in [-0.05, 0) is 25.1 Å². The molecule has 0 radical (unpaired) electrons. The Kier molecular flexibility index (Phi) is 3.18. The van der Waals surface area contributed by atoms with Gasteiger partial charge in [0.1, 0.15) is 11.3 Å². The van der Waals surface area contributed by atoms with Crippen LogP contribution in [0.5, 0.6) is 0 Å². The summed E-state index contributed by atoms with van der Waals surface area (Å²) < 4.78 is 1.85. The molecule has 116 valence electrons. The molecule has 1 fully saturated rings. The van der Waals surface area contributed by atoms with E-state index in [-0.39, 0.29) is 11.9 Å². The van der Waals surface area contributed by atoms with Gasteiger partial charge in [-0.15, -0.1) is 0 Å². The van der Waals surface area contributed by atoms with Gasteiger partial charge in [-0.25, -0.2) is 15.0 Å². The highest BCUT2D eigenvalue weighted by Gasteiger charge is 2.33. The Bertz CT molecular complexity index is 853. The van der Waals surface area contributed by atoms with Crippen molar-refractivity contribution >= 4 is 17.5 Å². The lowest BCUT2D eigenvalue weighted by Crippen LogP contribution is -2.57. The van der Waals surface area contributed by atoms with Crippen molar-refractivity contribution in [2.24, 2.45) is 0 Å². The Labute approximate surface area is 133 Å². The van der Waals surface area contributed by atoms with Gasteiger partial charge in [0.15, 0.2) is 0 Å². The van der Waals surface area contributed by atoms with Crippen molar-refractivity contribution in [1.29, 1.82) is 0 Å². The molecular formula is C16H16N6O. The quantitative estimate of drug-likeness (QED) is 0.791. The summed E-state index contributed by atoms with van der Waals surface area (Å²) in [5.41, 5.74) is 2.18. The summed E-state index contributed by atoms with van der Waals surface area (Å²) in [5, 5.41) is 3.22. The van der Waals surface area contributed by atoms with E-state index in [1.165, 1.54) is 0 Å². The Morgan fingerprint density at radius 1 is 1.22 bits per heavy atom. The smallest absolute Gasteiger partial charge is 0.272 e. The molecule has 1 aliphatic heterocycles. The molecule has 1 amide bonds.